The maximum Gasteiger partial charge on any atom is 0.0653 e. The molecule has 0 fully saturated rings. The van der Waals surface area contributed by atoms with Gasteiger partial charge in [0, 0.05) is 6.54 Å². The van der Waals surface area contributed by atoms with Crippen LogP contribution in [-0.2, 0) is 0 Å². The topological polar surface area (TPSA) is 24.1 Å². The van der Waals surface area contributed by atoms with E-state index in [1.165, 1.54) is 0 Å². The molecule has 2 nitrogen and oxygen atoms in total. The lowest BCUT2D eigenvalue weighted by Crippen LogP contribution is -2.25. The largest absolute Gasteiger partial charge is 0.379 e. The molecule has 0 atom stereocenters. The summed E-state index contributed by atoms with van der Waals surface area (Å²) in [5, 5.41) is 5.92. The van der Waals surface area contributed by atoms with E-state index in [9.17, 15) is 0 Å². The monoisotopic (exact) mass is 83.1 g/mol. The third-order valence-electron chi connectivity index (χ3n) is 0.632. The Morgan fingerprint density at radius 2 is 2.33 bits per heavy atom. The Kier molecular flexibility index (Phi) is 1.12. The second kappa shape index (κ2) is 1.82. The lowest BCUT2D eigenvalue weighted by molar-refractivity contribution is 0.718. The van der Waals surface area contributed by atoms with Gasteiger partial charge in [0.25, 0.3) is 0 Å². The van der Waals surface area contributed by atoms with Gasteiger partial charge in [-0.2, -0.15) is 0 Å². The molecule has 0 spiro atoms. The van der Waals surface area contributed by atoms with Crippen LogP contribution in [0, 0.1) is 6.54 Å². The molecule has 0 aromatic carbocycles. The molecule has 2 N–H and O–H groups in total. The van der Waals surface area contributed by atoms with Crippen molar-refractivity contribution in [2.45, 2.75) is 0 Å². The first-order valence-electron chi connectivity index (χ1n) is 1.95. The van der Waals surface area contributed by atoms with Crippen LogP contribution in [0.5, 0.6) is 0 Å². The summed E-state index contributed by atoms with van der Waals surface area (Å²) in [7, 11) is 0. The number of nitrogens with one attached hydrogen (secondary N) is 2. The van der Waals surface area contributed by atoms with Crippen molar-refractivity contribution in [1.29, 1.82) is 0 Å². The fourth-order valence-electron chi connectivity index (χ4n) is 0.361. The van der Waals surface area contributed by atoms with Gasteiger partial charge in [-0.25, -0.2) is 0 Å². The van der Waals surface area contributed by atoms with Crippen LogP contribution in [0.2, 0.25) is 0 Å². The number of hydrogen-bond donors (Lipinski definition) is 2. The quantitative estimate of drug-likeness (QED) is 0.424. The SMILES string of the molecule is [CH]1C=CNCN1. The fourth-order valence-corrected chi connectivity index (χ4v) is 0.361. The van der Waals surface area contributed by atoms with E-state index < -0.39 is 0 Å². The molecule has 1 aliphatic rings. The second-order valence-electron chi connectivity index (χ2n) is 1.11. The molecule has 0 saturated heterocycles. The summed E-state index contributed by atoms with van der Waals surface area (Å²) < 4.78 is 0. The molecule has 0 aliphatic carbocycles. The van der Waals surface area contributed by atoms with Gasteiger partial charge in [0.15, 0.2) is 0 Å². The summed E-state index contributed by atoms with van der Waals surface area (Å²) in [4.78, 5) is 0. The molecule has 0 unspecified atom stereocenters. The van der Waals surface area contributed by atoms with E-state index in [0.29, 0.717) is 0 Å². The van der Waals surface area contributed by atoms with E-state index in [0.717, 1.165) is 6.67 Å². The van der Waals surface area contributed by atoms with Gasteiger partial charge in [-0.1, -0.05) is 0 Å². The van der Waals surface area contributed by atoms with Crippen LogP contribution in [-0.4, -0.2) is 6.67 Å². The van der Waals surface area contributed by atoms with Crippen LogP contribution in [0.4, 0.5) is 0 Å². The van der Waals surface area contributed by atoms with Crippen molar-refractivity contribution >= 4 is 0 Å². The fraction of sp³-hybridized carbons (Fsp3) is 0.250. The lowest BCUT2D eigenvalue weighted by Gasteiger charge is -2.04. The highest BCUT2D eigenvalue weighted by Crippen LogP contribution is 1.75. The Balaban J connectivity index is 2.26. The van der Waals surface area contributed by atoms with Crippen molar-refractivity contribution in [1.82, 2.24) is 10.6 Å². The predicted octanol–water partition coefficient (Wildman–Crippen LogP) is -0.188. The van der Waals surface area contributed by atoms with Crippen molar-refractivity contribution in [3.63, 3.8) is 0 Å². The van der Waals surface area contributed by atoms with E-state index in [4.69, 9.17) is 0 Å². The molecule has 1 rings (SSSR count). The first-order valence-corrected chi connectivity index (χ1v) is 1.95. The maximum absolute atomic E-state index is 2.96. The Bertz CT molecular complexity index is 50.6. The molecule has 1 radical (unpaired) electrons. The molecule has 33 valence electrons. The van der Waals surface area contributed by atoms with Crippen LogP contribution in [0.3, 0.4) is 0 Å². The highest BCUT2D eigenvalue weighted by atomic mass is 15.1. The predicted molar refractivity (Wildman–Crippen MR) is 24.6 cm³/mol. The minimum Gasteiger partial charge on any atom is -0.379 e. The van der Waals surface area contributed by atoms with Crippen LogP contribution in [0.25, 0.3) is 0 Å². The van der Waals surface area contributed by atoms with Gasteiger partial charge in [0.2, 0.25) is 0 Å². The van der Waals surface area contributed by atoms with E-state index >= 15 is 0 Å². The molecule has 0 saturated carbocycles. The summed E-state index contributed by atoms with van der Waals surface area (Å²) in [5.41, 5.74) is 0. The van der Waals surface area contributed by atoms with Gasteiger partial charge in [-0.05, 0) is 12.3 Å². The smallest absolute Gasteiger partial charge is 0.0653 e. The van der Waals surface area contributed by atoms with E-state index in [1.54, 1.807) is 0 Å². The molecule has 6 heavy (non-hydrogen) atoms. The van der Waals surface area contributed by atoms with E-state index in [2.05, 4.69) is 10.6 Å². The van der Waals surface area contributed by atoms with Crippen molar-refractivity contribution in [3.8, 4) is 0 Å². The Hall–Kier alpha value is -0.500. The zero-order valence-electron chi connectivity index (χ0n) is 3.44. The Morgan fingerprint density at radius 1 is 1.33 bits per heavy atom. The summed E-state index contributed by atoms with van der Waals surface area (Å²) >= 11 is 0. The second-order valence-corrected chi connectivity index (χ2v) is 1.11. The first-order chi connectivity index (χ1) is 3.00. The van der Waals surface area contributed by atoms with Gasteiger partial charge in [0.1, 0.15) is 0 Å². The van der Waals surface area contributed by atoms with Crippen LogP contribution < -0.4 is 10.6 Å². The van der Waals surface area contributed by atoms with Crippen LogP contribution in [0.15, 0.2) is 12.3 Å². The zero-order valence-corrected chi connectivity index (χ0v) is 3.44. The van der Waals surface area contributed by atoms with Gasteiger partial charge in [-0.15, -0.1) is 0 Å². The van der Waals surface area contributed by atoms with Crippen LogP contribution in [0.1, 0.15) is 0 Å². The number of hydrogen-bond acceptors (Lipinski definition) is 2. The average molecular weight is 83.1 g/mol. The van der Waals surface area contributed by atoms with Gasteiger partial charge in [0.05, 0.1) is 6.67 Å². The average Bonchev–Trinajstić information content (AvgIpc) is 1.72. The highest BCUT2D eigenvalue weighted by molar-refractivity contribution is 4.94. The molecule has 1 aliphatic heterocycles. The molecule has 1 heterocycles. The third kappa shape index (κ3) is 0.723. The minimum atomic E-state index is 0.858. The van der Waals surface area contributed by atoms with Gasteiger partial charge >= 0.3 is 0 Å². The minimum absolute atomic E-state index is 0.858. The van der Waals surface area contributed by atoms with Crippen molar-refractivity contribution in [2.24, 2.45) is 0 Å². The number of rotatable bonds is 0. The van der Waals surface area contributed by atoms with E-state index in [1.807, 2.05) is 18.8 Å². The molecule has 0 aromatic heterocycles. The Morgan fingerprint density at radius 3 is 2.50 bits per heavy atom. The first kappa shape index (κ1) is 3.68. The standard InChI is InChI=1S/C4H7N2/c1-2-5-4-6-3-1/h1-3,5-6H,4H2. The zero-order chi connectivity index (χ0) is 4.24. The molecule has 2 heteroatoms. The van der Waals surface area contributed by atoms with Crippen molar-refractivity contribution < 1.29 is 0 Å². The van der Waals surface area contributed by atoms with Gasteiger partial charge in [-0.3, -0.25) is 5.32 Å². The van der Waals surface area contributed by atoms with E-state index in [-0.39, 0.29) is 0 Å². The molecule has 0 amide bonds. The van der Waals surface area contributed by atoms with Crippen LogP contribution >= 0.6 is 0 Å². The molecular weight excluding hydrogens is 76.1 g/mol. The lowest BCUT2D eigenvalue weighted by atomic mass is 10.5. The van der Waals surface area contributed by atoms with Gasteiger partial charge < -0.3 is 5.32 Å². The Labute approximate surface area is 37.2 Å². The summed E-state index contributed by atoms with van der Waals surface area (Å²) in [6.07, 6.45) is 3.82. The third-order valence-corrected chi connectivity index (χ3v) is 0.632. The van der Waals surface area contributed by atoms with Crippen molar-refractivity contribution in [2.75, 3.05) is 6.67 Å². The molecular formula is C4H7N2. The summed E-state index contributed by atoms with van der Waals surface area (Å²) in [6, 6.07) is 0. The maximum atomic E-state index is 2.96. The van der Waals surface area contributed by atoms with Crippen molar-refractivity contribution in [3.05, 3.63) is 18.8 Å². The highest BCUT2D eigenvalue weighted by Gasteiger charge is 1.82. The summed E-state index contributed by atoms with van der Waals surface area (Å²) in [6.45, 7) is 2.76. The summed E-state index contributed by atoms with van der Waals surface area (Å²) in [5.74, 6) is 0. The molecule has 0 bridgehead atoms. The normalized spacial score (nSPS) is 20.0. The molecule has 0 aromatic rings.